The third-order valence-corrected chi connectivity index (χ3v) is 4.34. The van der Waals surface area contributed by atoms with Crippen molar-refractivity contribution in [2.45, 2.75) is 45.2 Å². The highest BCUT2D eigenvalue weighted by atomic mass is 15.3. The lowest BCUT2D eigenvalue weighted by Gasteiger charge is -2.36. The Labute approximate surface area is 122 Å². The zero-order chi connectivity index (χ0) is 14.1. The Morgan fingerprint density at radius 1 is 1.30 bits per heavy atom. The van der Waals surface area contributed by atoms with E-state index in [4.69, 9.17) is 10.7 Å². The first-order chi connectivity index (χ1) is 9.63. The SMILES string of the molecule is Cc1cc(CC(C)N)cnc1N1CCN(C2CC2)CC1. The van der Waals surface area contributed by atoms with Gasteiger partial charge in [-0.05, 0) is 44.2 Å². The number of aromatic nitrogens is 1. The summed E-state index contributed by atoms with van der Waals surface area (Å²) in [6.07, 6.45) is 5.72. The van der Waals surface area contributed by atoms with E-state index >= 15 is 0 Å². The summed E-state index contributed by atoms with van der Waals surface area (Å²) in [5.74, 6) is 1.16. The Kier molecular flexibility index (Phi) is 3.94. The lowest BCUT2D eigenvalue weighted by molar-refractivity contribution is 0.247. The second kappa shape index (κ2) is 5.70. The van der Waals surface area contributed by atoms with E-state index in [0.29, 0.717) is 0 Å². The van der Waals surface area contributed by atoms with Crippen LogP contribution in [-0.2, 0) is 6.42 Å². The molecule has 1 aliphatic heterocycles. The molecule has 0 bridgehead atoms. The van der Waals surface area contributed by atoms with Gasteiger partial charge < -0.3 is 10.6 Å². The van der Waals surface area contributed by atoms with Crippen molar-refractivity contribution in [3.63, 3.8) is 0 Å². The Bertz CT molecular complexity index is 460. The van der Waals surface area contributed by atoms with Crippen LogP contribution in [0, 0.1) is 6.92 Å². The summed E-state index contributed by atoms with van der Waals surface area (Å²) in [4.78, 5) is 9.76. The van der Waals surface area contributed by atoms with Crippen molar-refractivity contribution in [2.75, 3.05) is 31.1 Å². The molecule has 3 rings (SSSR count). The van der Waals surface area contributed by atoms with Crippen molar-refractivity contribution in [3.8, 4) is 0 Å². The molecule has 0 radical (unpaired) electrons. The number of hydrogen-bond acceptors (Lipinski definition) is 4. The molecule has 1 saturated heterocycles. The number of piperazine rings is 1. The molecule has 2 heterocycles. The molecule has 2 aliphatic rings. The van der Waals surface area contributed by atoms with Crippen molar-refractivity contribution in [1.29, 1.82) is 0 Å². The normalized spacial score (nSPS) is 22.1. The van der Waals surface area contributed by atoms with Gasteiger partial charge in [0.05, 0.1) is 0 Å². The lowest BCUT2D eigenvalue weighted by atomic mass is 10.1. The Morgan fingerprint density at radius 3 is 2.55 bits per heavy atom. The average Bonchev–Trinajstić information content (AvgIpc) is 3.23. The van der Waals surface area contributed by atoms with E-state index in [9.17, 15) is 0 Å². The van der Waals surface area contributed by atoms with Crippen molar-refractivity contribution in [1.82, 2.24) is 9.88 Å². The topological polar surface area (TPSA) is 45.4 Å². The molecule has 4 nitrogen and oxygen atoms in total. The van der Waals surface area contributed by atoms with Gasteiger partial charge in [0.2, 0.25) is 0 Å². The van der Waals surface area contributed by atoms with Gasteiger partial charge in [0.1, 0.15) is 5.82 Å². The molecule has 4 heteroatoms. The third-order valence-electron chi connectivity index (χ3n) is 4.34. The molecule has 1 saturated carbocycles. The molecular formula is C16H26N4. The maximum atomic E-state index is 5.86. The molecule has 1 aromatic heterocycles. The fourth-order valence-corrected chi connectivity index (χ4v) is 3.18. The third kappa shape index (κ3) is 3.13. The van der Waals surface area contributed by atoms with Crippen LogP contribution in [0.4, 0.5) is 5.82 Å². The minimum Gasteiger partial charge on any atom is -0.354 e. The molecule has 0 aromatic carbocycles. The van der Waals surface area contributed by atoms with Gasteiger partial charge in [0, 0.05) is 44.5 Å². The number of nitrogens with zero attached hydrogens (tertiary/aromatic N) is 3. The maximum absolute atomic E-state index is 5.86. The minimum atomic E-state index is 0.198. The van der Waals surface area contributed by atoms with Crippen molar-refractivity contribution in [3.05, 3.63) is 23.4 Å². The average molecular weight is 274 g/mol. The molecule has 2 fully saturated rings. The first-order valence-electron chi connectivity index (χ1n) is 7.83. The predicted octanol–water partition coefficient (Wildman–Crippen LogP) is 1.56. The van der Waals surface area contributed by atoms with Gasteiger partial charge in [0.25, 0.3) is 0 Å². The molecule has 1 aromatic rings. The molecular weight excluding hydrogens is 248 g/mol. The molecule has 0 spiro atoms. The van der Waals surface area contributed by atoms with Crippen molar-refractivity contribution < 1.29 is 0 Å². The van der Waals surface area contributed by atoms with Crippen LogP contribution in [0.25, 0.3) is 0 Å². The van der Waals surface area contributed by atoms with Crippen LogP contribution in [-0.4, -0.2) is 48.1 Å². The number of anilines is 1. The first-order valence-corrected chi connectivity index (χ1v) is 7.83. The van der Waals surface area contributed by atoms with E-state index < -0.39 is 0 Å². The zero-order valence-electron chi connectivity index (χ0n) is 12.7. The van der Waals surface area contributed by atoms with E-state index in [-0.39, 0.29) is 6.04 Å². The van der Waals surface area contributed by atoms with Gasteiger partial charge in [-0.15, -0.1) is 0 Å². The van der Waals surface area contributed by atoms with E-state index in [1.54, 1.807) is 0 Å². The van der Waals surface area contributed by atoms with Crippen LogP contribution in [0.3, 0.4) is 0 Å². The van der Waals surface area contributed by atoms with Crippen LogP contribution in [0.1, 0.15) is 30.9 Å². The van der Waals surface area contributed by atoms with Crippen LogP contribution in [0.2, 0.25) is 0 Å². The van der Waals surface area contributed by atoms with Gasteiger partial charge in [0.15, 0.2) is 0 Å². The second-order valence-corrected chi connectivity index (χ2v) is 6.42. The highest BCUT2D eigenvalue weighted by Crippen LogP contribution is 2.28. The van der Waals surface area contributed by atoms with E-state index in [1.807, 2.05) is 13.1 Å². The molecule has 20 heavy (non-hydrogen) atoms. The number of pyridine rings is 1. The minimum absolute atomic E-state index is 0.198. The summed E-state index contributed by atoms with van der Waals surface area (Å²) in [5, 5.41) is 0. The highest BCUT2D eigenvalue weighted by molar-refractivity contribution is 5.48. The summed E-state index contributed by atoms with van der Waals surface area (Å²) in [7, 11) is 0. The van der Waals surface area contributed by atoms with Gasteiger partial charge in [-0.2, -0.15) is 0 Å². The number of rotatable bonds is 4. The summed E-state index contributed by atoms with van der Waals surface area (Å²) in [5.41, 5.74) is 8.39. The smallest absolute Gasteiger partial charge is 0.131 e. The fourth-order valence-electron chi connectivity index (χ4n) is 3.18. The number of hydrogen-bond donors (Lipinski definition) is 1. The lowest BCUT2D eigenvalue weighted by Crippen LogP contribution is -2.47. The number of aryl methyl sites for hydroxylation is 1. The van der Waals surface area contributed by atoms with Crippen molar-refractivity contribution >= 4 is 5.82 Å². The monoisotopic (exact) mass is 274 g/mol. The van der Waals surface area contributed by atoms with Crippen LogP contribution >= 0.6 is 0 Å². The summed E-state index contributed by atoms with van der Waals surface area (Å²) in [6.45, 7) is 8.80. The fraction of sp³-hybridized carbons (Fsp3) is 0.688. The quantitative estimate of drug-likeness (QED) is 0.905. The molecule has 1 atom stereocenters. The van der Waals surface area contributed by atoms with Gasteiger partial charge in [-0.3, -0.25) is 4.90 Å². The van der Waals surface area contributed by atoms with Crippen LogP contribution < -0.4 is 10.6 Å². The Morgan fingerprint density at radius 2 is 2.00 bits per heavy atom. The van der Waals surface area contributed by atoms with Gasteiger partial charge in [-0.1, -0.05) is 6.07 Å². The van der Waals surface area contributed by atoms with Gasteiger partial charge >= 0.3 is 0 Å². The summed E-state index contributed by atoms with van der Waals surface area (Å²) in [6, 6.07) is 3.34. The largest absolute Gasteiger partial charge is 0.354 e. The molecule has 2 N–H and O–H groups in total. The van der Waals surface area contributed by atoms with E-state index in [2.05, 4.69) is 22.8 Å². The second-order valence-electron chi connectivity index (χ2n) is 6.42. The molecule has 0 amide bonds. The Hall–Kier alpha value is -1.13. The zero-order valence-corrected chi connectivity index (χ0v) is 12.7. The van der Waals surface area contributed by atoms with Crippen molar-refractivity contribution in [2.24, 2.45) is 5.73 Å². The van der Waals surface area contributed by atoms with Crippen LogP contribution in [0.5, 0.6) is 0 Å². The molecule has 1 aliphatic carbocycles. The predicted molar refractivity (Wildman–Crippen MR) is 83.1 cm³/mol. The maximum Gasteiger partial charge on any atom is 0.131 e. The number of nitrogens with two attached hydrogens (primary N) is 1. The Balaban J connectivity index is 1.64. The molecule has 110 valence electrons. The van der Waals surface area contributed by atoms with Gasteiger partial charge in [-0.25, -0.2) is 4.98 Å². The summed E-state index contributed by atoms with van der Waals surface area (Å²) >= 11 is 0. The van der Waals surface area contributed by atoms with Crippen LogP contribution in [0.15, 0.2) is 12.3 Å². The standard InChI is InChI=1S/C16H26N4/c1-12-9-14(10-13(2)17)11-18-16(12)20-7-5-19(6-8-20)15-3-4-15/h9,11,13,15H,3-8,10,17H2,1-2H3. The first kappa shape index (κ1) is 13.8. The van der Waals surface area contributed by atoms with E-state index in [1.165, 1.54) is 37.1 Å². The highest BCUT2D eigenvalue weighted by Gasteiger charge is 2.31. The molecule has 1 unspecified atom stereocenters. The summed E-state index contributed by atoms with van der Waals surface area (Å²) < 4.78 is 0. The van der Waals surface area contributed by atoms with E-state index in [0.717, 1.165) is 31.4 Å².